The molecule has 1 aromatic rings. The van der Waals surface area contributed by atoms with Crippen LogP contribution >= 0.6 is 0 Å². The first-order chi connectivity index (χ1) is 8.72. The van der Waals surface area contributed by atoms with Crippen molar-refractivity contribution in [3.8, 4) is 5.75 Å². The Morgan fingerprint density at radius 1 is 1.22 bits per heavy atom. The van der Waals surface area contributed by atoms with Crippen LogP contribution in [0.2, 0.25) is 0 Å². The van der Waals surface area contributed by atoms with Gasteiger partial charge in [0.15, 0.2) is 0 Å². The maximum absolute atomic E-state index is 5.27. The Kier molecular flexibility index (Phi) is 6.81. The Hall–Kier alpha value is -1.02. The summed E-state index contributed by atoms with van der Waals surface area (Å²) < 4.78 is 5.27. The van der Waals surface area contributed by atoms with Crippen LogP contribution in [0.3, 0.4) is 0 Å². The molecule has 0 aromatic heterocycles. The van der Waals surface area contributed by atoms with E-state index in [1.54, 1.807) is 7.11 Å². The highest BCUT2D eigenvalue weighted by Crippen LogP contribution is 2.26. The van der Waals surface area contributed by atoms with E-state index in [1.807, 2.05) is 0 Å². The molecule has 1 aromatic carbocycles. The second-order valence-electron chi connectivity index (χ2n) is 4.83. The van der Waals surface area contributed by atoms with Gasteiger partial charge in [-0.25, -0.2) is 0 Å². The molecule has 0 heterocycles. The summed E-state index contributed by atoms with van der Waals surface area (Å²) in [5.41, 5.74) is 2.73. The second kappa shape index (κ2) is 8.15. The van der Waals surface area contributed by atoms with Gasteiger partial charge in [-0.05, 0) is 43.1 Å². The highest BCUT2D eigenvalue weighted by Gasteiger charge is 2.12. The van der Waals surface area contributed by atoms with Crippen molar-refractivity contribution >= 4 is 0 Å². The molecule has 0 fully saturated rings. The van der Waals surface area contributed by atoms with E-state index in [2.05, 4.69) is 44.3 Å². The highest BCUT2D eigenvalue weighted by molar-refractivity contribution is 5.36. The minimum Gasteiger partial charge on any atom is -0.497 e. The van der Waals surface area contributed by atoms with Crippen LogP contribution in [0, 0.1) is 6.92 Å². The molecule has 1 rings (SSSR count). The third-order valence-electron chi connectivity index (χ3n) is 3.40. The van der Waals surface area contributed by atoms with Gasteiger partial charge in [0.05, 0.1) is 7.11 Å². The zero-order valence-electron chi connectivity index (χ0n) is 12.3. The van der Waals surface area contributed by atoms with Crippen LogP contribution in [-0.4, -0.2) is 13.7 Å². The summed E-state index contributed by atoms with van der Waals surface area (Å²) in [6.45, 7) is 7.61. The molecule has 0 aliphatic carbocycles. The molecule has 2 heteroatoms. The molecule has 0 spiro atoms. The van der Waals surface area contributed by atoms with Crippen LogP contribution in [-0.2, 0) is 0 Å². The minimum atomic E-state index is 0.479. The lowest BCUT2D eigenvalue weighted by atomic mass is 9.96. The molecule has 0 bridgehead atoms. The highest BCUT2D eigenvalue weighted by atomic mass is 16.5. The van der Waals surface area contributed by atoms with Crippen molar-refractivity contribution in [2.45, 2.75) is 52.5 Å². The lowest BCUT2D eigenvalue weighted by Gasteiger charge is -2.20. The van der Waals surface area contributed by atoms with Gasteiger partial charge < -0.3 is 10.1 Å². The van der Waals surface area contributed by atoms with Gasteiger partial charge in [0.2, 0.25) is 0 Å². The van der Waals surface area contributed by atoms with Crippen molar-refractivity contribution in [1.29, 1.82) is 0 Å². The molecular formula is C16H27NO. The molecule has 2 nitrogen and oxygen atoms in total. The molecule has 1 atom stereocenters. The van der Waals surface area contributed by atoms with Crippen LogP contribution in [0.15, 0.2) is 18.2 Å². The molecule has 0 aliphatic rings. The average Bonchev–Trinajstić information content (AvgIpc) is 2.38. The van der Waals surface area contributed by atoms with E-state index >= 15 is 0 Å². The number of ether oxygens (including phenoxy) is 1. The van der Waals surface area contributed by atoms with E-state index in [0.717, 1.165) is 12.3 Å². The van der Waals surface area contributed by atoms with Crippen molar-refractivity contribution in [3.63, 3.8) is 0 Å². The number of hydrogen-bond acceptors (Lipinski definition) is 2. The number of methoxy groups -OCH3 is 1. The van der Waals surface area contributed by atoms with Gasteiger partial charge in [-0.3, -0.25) is 0 Å². The third kappa shape index (κ3) is 4.34. The Morgan fingerprint density at radius 3 is 2.56 bits per heavy atom. The molecule has 1 N–H and O–H groups in total. The van der Waals surface area contributed by atoms with Gasteiger partial charge in [0.1, 0.15) is 5.75 Å². The van der Waals surface area contributed by atoms with Gasteiger partial charge in [-0.15, -0.1) is 0 Å². The van der Waals surface area contributed by atoms with E-state index in [4.69, 9.17) is 4.74 Å². The van der Waals surface area contributed by atoms with Crippen molar-refractivity contribution in [3.05, 3.63) is 29.3 Å². The van der Waals surface area contributed by atoms with Crippen molar-refractivity contribution in [1.82, 2.24) is 5.32 Å². The third-order valence-corrected chi connectivity index (χ3v) is 3.40. The van der Waals surface area contributed by atoms with E-state index in [9.17, 15) is 0 Å². The molecule has 0 saturated carbocycles. The molecule has 0 radical (unpaired) electrons. The standard InChI is InChI=1S/C16H27NO/c1-5-7-8-9-16(17-6-2)15-11-10-14(18-4)12-13(15)3/h10-12,16-17H,5-9H2,1-4H3. The number of rotatable bonds is 8. The molecule has 0 amide bonds. The Morgan fingerprint density at radius 2 is 2.00 bits per heavy atom. The lowest BCUT2D eigenvalue weighted by Crippen LogP contribution is -2.21. The SMILES string of the molecule is CCCCCC(NCC)c1ccc(OC)cc1C. The smallest absolute Gasteiger partial charge is 0.119 e. The first kappa shape index (κ1) is 15.0. The first-order valence-electron chi connectivity index (χ1n) is 7.10. The van der Waals surface area contributed by atoms with Crippen LogP contribution in [0.1, 0.15) is 56.7 Å². The zero-order chi connectivity index (χ0) is 13.4. The minimum absolute atomic E-state index is 0.479. The van der Waals surface area contributed by atoms with Crippen molar-refractivity contribution in [2.24, 2.45) is 0 Å². The van der Waals surface area contributed by atoms with Crippen molar-refractivity contribution in [2.75, 3.05) is 13.7 Å². The van der Waals surface area contributed by atoms with E-state index in [0.29, 0.717) is 6.04 Å². The van der Waals surface area contributed by atoms with Gasteiger partial charge in [0, 0.05) is 6.04 Å². The summed E-state index contributed by atoms with van der Waals surface area (Å²) in [6.07, 6.45) is 5.10. The molecule has 18 heavy (non-hydrogen) atoms. The number of nitrogens with one attached hydrogen (secondary N) is 1. The maximum Gasteiger partial charge on any atom is 0.119 e. The normalized spacial score (nSPS) is 12.4. The lowest BCUT2D eigenvalue weighted by molar-refractivity contribution is 0.413. The fourth-order valence-corrected chi connectivity index (χ4v) is 2.38. The maximum atomic E-state index is 5.27. The van der Waals surface area contributed by atoms with Crippen LogP contribution in [0.25, 0.3) is 0 Å². The Bertz CT molecular complexity index is 349. The van der Waals surface area contributed by atoms with Gasteiger partial charge in [-0.2, -0.15) is 0 Å². The summed E-state index contributed by atoms with van der Waals surface area (Å²) in [6, 6.07) is 6.87. The molecule has 0 saturated heterocycles. The molecule has 102 valence electrons. The molecule has 0 aliphatic heterocycles. The van der Waals surface area contributed by atoms with E-state index < -0.39 is 0 Å². The average molecular weight is 249 g/mol. The second-order valence-corrected chi connectivity index (χ2v) is 4.83. The van der Waals surface area contributed by atoms with E-state index in [-0.39, 0.29) is 0 Å². The van der Waals surface area contributed by atoms with Crippen LogP contribution < -0.4 is 10.1 Å². The predicted molar refractivity (Wildman–Crippen MR) is 78.3 cm³/mol. The molecule has 1 unspecified atom stereocenters. The Labute approximate surface area is 112 Å². The summed E-state index contributed by atoms with van der Waals surface area (Å²) in [7, 11) is 1.72. The summed E-state index contributed by atoms with van der Waals surface area (Å²) in [4.78, 5) is 0. The number of hydrogen-bond donors (Lipinski definition) is 1. The van der Waals surface area contributed by atoms with E-state index in [1.165, 1.54) is 36.8 Å². The Balaban J connectivity index is 2.77. The first-order valence-corrected chi connectivity index (χ1v) is 7.10. The molecular weight excluding hydrogens is 222 g/mol. The summed E-state index contributed by atoms with van der Waals surface area (Å²) in [5, 5.41) is 3.60. The topological polar surface area (TPSA) is 21.3 Å². The van der Waals surface area contributed by atoms with Crippen LogP contribution in [0.4, 0.5) is 0 Å². The number of benzene rings is 1. The van der Waals surface area contributed by atoms with Gasteiger partial charge in [-0.1, -0.05) is 39.2 Å². The monoisotopic (exact) mass is 249 g/mol. The van der Waals surface area contributed by atoms with Crippen molar-refractivity contribution < 1.29 is 4.74 Å². The quantitative estimate of drug-likeness (QED) is 0.696. The fourth-order valence-electron chi connectivity index (χ4n) is 2.38. The van der Waals surface area contributed by atoms with Crippen LogP contribution in [0.5, 0.6) is 5.75 Å². The largest absolute Gasteiger partial charge is 0.497 e. The predicted octanol–water partition coefficient (Wildman–Crippen LogP) is 4.23. The van der Waals surface area contributed by atoms with Gasteiger partial charge in [0.25, 0.3) is 0 Å². The number of unbranched alkanes of at least 4 members (excludes halogenated alkanes) is 2. The fraction of sp³-hybridized carbons (Fsp3) is 0.625. The summed E-state index contributed by atoms with van der Waals surface area (Å²) >= 11 is 0. The summed E-state index contributed by atoms with van der Waals surface area (Å²) in [5.74, 6) is 0.944. The number of aryl methyl sites for hydroxylation is 1. The van der Waals surface area contributed by atoms with Gasteiger partial charge >= 0.3 is 0 Å². The zero-order valence-corrected chi connectivity index (χ0v) is 12.3.